The summed E-state index contributed by atoms with van der Waals surface area (Å²) in [4.78, 5) is 16.9. The average Bonchev–Trinajstić information content (AvgIpc) is 3.98. The maximum atomic E-state index is 9.63. The summed E-state index contributed by atoms with van der Waals surface area (Å²) in [5.41, 5.74) is 11.0. The maximum absolute atomic E-state index is 9.63. The first-order valence-electron chi connectivity index (χ1n) is 21.3. The van der Waals surface area contributed by atoms with Crippen molar-refractivity contribution in [2.45, 2.75) is 71.2 Å². The van der Waals surface area contributed by atoms with Crippen molar-refractivity contribution in [3.05, 3.63) is 102 Å². The number of aromatic nitrogens is 8. The quantitative estimate of drug-likeness (QED) is 0.0694. The third kappa shape index (κ3) is 15.8. The smallest absolute Gasteiger partial charge is 0.227 e. The minimum absolute atomic E-state index is 0. The Balaban J connectivity index is 0.000000207. The van der Waals surface area contributed by atoms with E-state index in [1.54, 1.807) is 63.3 Å². The molecule has 0 aliphatic carbocycles. The number of ether oxygens (including phenoxy) is 6. The highest BCUT2D eigenvalue weighted by atomic mass is 35.5. The number of rotatable bonds is 16. The minimum atomic E-state index is 0. The van der Waals surface area contributed by atoms with E-state index in [4.69, 9.17) is 45.8 Å². The fraction of sp³-hybridized carbons (Fsp3) is 0.404. The number of halogens is 1. The first kappa shape index (κ1) is 50.3. The Morgan fingerprint density at radius 1 is 0.727 bits per heavy atom. The van der Waals surface area contributed by atoms with Crippen LogP contribution in [0.4, 0.5) is 17.3 Å². The second-order valence-corrected chi connectivity index (χ2v) is 15.2. The van der Waals surface area contributed by atoms with E-state index in [9.17, 15) is 10.5 Å². The highest BCUT2D eigenvalue weighted by Crippen LogP contribution is 2.30. The molecular formula is C47H57ClN12O6. The lowest BCUT2D eigenvalue weighted by atomic mass is 10.1. The first-order chi connectivity index (χ1) is 31.8. The molecule has 0 radical (unpaired) electrons. The van der Waals surface area contributed by atoms with Gasteiger partial charge in [0.25, 0.3) is 0 Å². The van der Waals surface area contributed by atoms with Crippen LogP contribution in [0.25, 0.3) is 22.5 Å². The molecule has 19 heteroatoms. The van der Waals surface area contributed by atoms with Crippen LogP contribution in [0.2, 0.25) is 5.28 Å². The number of nitrogens with two attached hydrogens (primary N) is 1. The number of nitrogens with zero attached hydrogens (tertiary/aromatic N) is 10. The molecule has 6 heterocycles. The van der Waals surface area contributed by atoms with Crippen LogP contribution in [0.15, 0.2) is 85.7 Å². The monoisotopic (exact) mass is 920 g/mol. The number of methoxy groups -OCH3 is 2. The number of nitrogens with one attached hydrogen (secondary N) is 1. The van der Waals surface area contributed by atoms with Gasteiger partial charge in [-0.25, -0.2) is 19.9 Å². The van der Waals surface area contributed by atoms with Crippen LogP contribution < -0.4 is 20.5 Å². The highest BCUT2D eigenvalue weighted by Gasteiger charge is 2.19. The summed E-state index contributed by atoms with van der Waals surface area (Å²) >= 11 is 5.80. The molecule has 6 aromatic rings. The zero-order chi connectivity index (χ0) is 45.6. The predicted molar refractivity (Wildman–Crippen MR) is 250 cm³/mol. The molecule has 0 saturated carbocycles. The fourth-order valence-corrected chi connectivity index (χ4v) is 6.85. The Bertz CT molecular complexity index is 2480. The summed E-state index contributed by atoms with van der Waals surface area (Å²) in [5, 5.41) is 30.7. The van der Waals surface area contributed by atoms with Crippen molar-refractivity contribution in [1.82, 2.24) is 39.5 Å². The van der Waals surface area contributed by atoms with E-state index in [0.717, 1.165) is 75.0 Å². The van der Waals surface area contributed by atoms with Gasteiger partial charge in [-0.15, -0.1) is 0 Å². The molecule has 2 aliphatic rings. The van der Waals surface area contributed by atoms with Gasteiger partial charge in [0.2, 0.25) is 11.2 Å². The minimum Gasteiger partial charge on any atom is -0.489 e. The molecule has 0 spiro atoms. The molecule has 4 aromatic heterocycles. The van der Waals surface area contributed by atoms with E-state index >= 15 is 0 Å². The van der Waals surface area contributed by atoms with Crippen molar-refractivity contribution >= 4 is 28.9 Å². The van der Waals surface area contributed by atoms with E-state index in [1.165, 1.54) is 0 Å². The number of hydrogen-bond donors (Lipinski definition) is 2. The number of benzene rings is 2. The van der Waals surface area contributed by atoms with Crippen molar-refractivity contribution in [3.8, 4) is 46.2 Å². The van der Waals surface area contributed by atoms with E-state index in [-0.39, 0.29) is 24.9 Å². The Kier molecular flexibility index (Phi) is 20.6. The van der Waals surface area contributed by atoms with Gasteiger partial charge in [0.1, 0.15) is 35.8 Å². The lowest BCUT2D eigenvalue weighted by Crippen LogP contribution is -2.26. The van der Waals surface area contributed by atoms with Gasteiger partial charge in [-0.1, -0.05) is 7.43 Å². The Hall–Kier alpha value is -6.67. The largest absolute Gasteiger partial charge is 0.489 e. The molecule has 0 atom stereocenters. The van der Waals surface area contributed by atoms with E-state index in [2.05, 4.69) is 47.6 Å². The number of aryl methyl sites for hydroxylation is 2. The van der Waals surface area contributed by atoms with E-state index in [1.807, 2.05) is 46.0 Å². The molecule has 3 N–H and O–H groups in total. The second-order valence-electron chi connectivity index (χ2n) is 14.8. The summed E-state index contributed by atoms with van der Waals surface area (Å²) in [6, 6.07) is 19.0. The van der Waals surface area contributed by atoms with E-state index < -0.39 is 0 Å². The van der Waals surface area contributed by atoms with Gasteiger partial charge in [0.05, 0.1) is 72.7 Å². The SMILES string of the molecule is C.COCCCn1cc(N)cn1.COCCCn1cc(Nc2nccc(-c3ccc(OC4CCOCC4)c(C#N)c3)n2)cn1.N#Cc1cc(-c2ccnc(Cl)n2)ccc1OC1CCOCC1. The molecule has 0 bridgehead atoms. The number of nitriles is 2. The lowest BCUT2D eigenvalue weighted by molar-refractivity contribution is 0.0252. The van der Waals surface area contributed by atoms with Crippen molar-refractivity contribution < 1.29 is 28.4 Å². The van der Waals surface area contributed by atoms with Crippen molar-refractivity contribution in [2.75, 3.05) is 64.9 Å². The molecule has 2 saturated heterocycles. The van der Waals surface area contributed by atoms with Gasteiger partial charge in [-0.2, -0.15) is 20.7 Å². The van der Waals surface area contributed by atoms with Crippen molar-refractivity contribution in [2.24, 2.45) is 0 Å². The predicted octanol–water partition coefficient (Wildman–Crippen LogP) is 7.91. The molecule has 2 aliphatic heterocycles. The molecule has 348 valence electrons. The molecule has 2 fully saturated rings. The summed E-state index contributed by atoms with van der Waals surface area (Å²) in [5.74, 6) is 1.65. The summed E-state index contributed by atoms with van der Waals surface area (Å²) in [6.45, 7) is 5.87. The molecule has 2 aromatic carbocycles. The molecule has 8 rings (SSSR count). The van der Waals surface area contributed by atoms with Gasteiger partial charge in [0.15, 0.2) is 0 Å². The maximum Gasteiger partial charge on any atom is 0.227 e. The fourth-order valence-electron chi connectivity index (χ4n) is 6.70. The number of hydrogen-bond acceptors (Lipinski definition) is 16. The third-order valence-corrected chi connectivity index (χ3v) is 10.2. The molecule has 0 unspecified atom stereocenters. The normalized spacial score (nSPS) is 13.7. The van der Waals surface area contributed by atoms with Gasteiger partial charge in [-0.3, -0.25) is 9.36 Å². The Morgan fingerprint density at radius 2 is 1.24 bits per heavy atom. The number of anilines is 3. The first-order valence-corrected chi connectivity index (χ1v) is 21.7. The average molecular weight is 922 g/mol. The topological polar surface area (TPSA) is 228 Å². The molecular weight excluding hydrogens is 864 g/mol. The van der Waals surface area contributed by atoms with Crippen LogP contribution in [-0.2, 0) is 32.0 Å². The lowest BCUT2D eigenvalue weighted by Gasteiger charge is -2.23. The van der Waals surface area contributed by atoms with Crippen LogP contribution in [-0.4, -0.2) is 106 Å². The Morgan fingerprint density at radius 3 is 1.74 bits per heavy atom. The van der Waals surface area contributed by atoms with Gasteiger partial charge in [0, 0.05) is 102 Å². The van der Waals surface area contributed by atoms with Crippen LogP contribution in [0.3, 0.4) is 0 Å². The van der Waals surface area contributed by atoms with Crippen LogP contribution in [0, 0.1) is 22.7 Å². The summed E-state index contributed by atoms with van der Waals surface area (Å²) in [7, 11) is 3.38. The summed E-state index contributed by atoms with van der Waals surface area (Å²) in [6.07, 6.45) is 15.7. The van der Waals surface area contributed by atoms with Gasteiger partial charge >= 0.3 is 0 Å². The van der Waals surface area contributed by atoms with Crippen molar-refractivity contribution in [3.63, 3.8) is 0 Å². The summed E-state index contributed by atoms with van der Waals surface area (Å²) < 4.78 is 36.3. The van der Waals surface area contributed by atoms with Gasteiger partial charge in [-0.05, 0) is 73.0 Å². The Labute approximate surface area is 390 Å². The zero-order valence-electron chi connectivity index (χ0n) is 36.5. The van der Waals surface area contributed by atoms with Crippen LogP contribution in [0.5, 0.6) is 11.5 Å². The highest BCUT2D eigenvalue weighted by molar-refractivity contribution is 6.28. The standard InChI is InChI=1S/C23H26N6O3.C16H14ClN3O2.C7H13N3O.CH4/c1-30-10-2-9-29-16-19(15-26-29)27-23-25-8-5-21(28-23)17-3-4-22(18(13-17)14-24)32-20-6-11-31-12-7-20;17-16-19-6-3-14(20-16)11-1-2-15(12(9-11)10-18)22-13-4-7-21-8-5-13;1-11-4-2-3-10-6-7(8)5-9-10;/h3-5,8,13,15-16,20H,2,6-7,9-12H2,1H3,(H,25,27,28);1-3,6,9,13H,4-5,7-8H2;5-6H,2-4,8H2,1H3;1H4. The zero-order valence-corrected chi connectivity index (χ0v) is 37.3. The van der Waals surface area contributed by atoms with Gasteiger partial charge < -0.3 is 39.5 Å². The van der Waals surface area contributed by atoms with Crippen LogP contribution >= 0.6 is 11.6 Å². The van der Waals surface area contributed by atoms with E-state index in [0.29, 0.717) is 78.7 Å². The molecule has 0 amide bonds. The van der Waals surface area contributed by atoms with Crippen LogP contribution in [0.1, 0.15) is 57.1 Å². The second kappa shape index (κ2) is 27.0. The number of nitrogen functional groups attached to an aromatic ring is 1. The third-order valence-electron chi connectivity index (χ3n) is 10.0. The molecule has 18 nitrogen and oxygen atoms in total. The van der Waals surface area contributed by atoms with Crippen molar-refractivity contribution in [1.29, 1.82) is 10.5 Å². The molecule has 66 heavy (non-hydrogen) atoms.